The van der Waals surface area contributed by atoms with Crippen molar-refractivity contribution in [1.82, 2.24) is 5.43 Å². The van der Waals surface area contributed by atoms with Crippen molar-refractivity contribution in [2.75, 3.05) is 17.7 Å². The first-order chi connectivity index (χ1) is 16.4. The molecule has 11 nitrogen and oxygen atoms in total. The SMILES string of the molecule is COC(=O)N/N=C(\CCCC(=O)Nc1cccc(N([O-])O)c1)C(C#N)c1ccc(CC#N)cc1. The van der Waals surface area contributed by atoms with Crippen LogP contribution in [-0.4, -0.2) is 30.0 Å². The normalized spacial score (nSPS) is 11.5. The number of nitriles is 2. The number of anilines is 2. The number of amides is 2. The summed E-state index contributed by atoms with van der Waals surface area (Å²) in [5, 5.41) is 44.9. The minimum Gasteiger partial charge on any atom is -0.733 e. The van der Waals surface area contributed by atoms with E-state index in [1.54, 1.807) is 30.3 Å². The zero-order valence-electron chi connectivity index (χ0n) is 18.4. The van der Waals surface area contributed by atoms with Crippen LogP contribution in [0.5, 0.6) is 0 Å². The number of hydrogen-bond donors (Lipinski definition) is 3. The molecule has 0 radical (unpaired) electrons. The van der Waals surface area contributed by atoms with Crippen molar-refractivity contribution in [3.63, 3.8) is 0 Å². The summed E-state index contributed by atoms with van der Waals surface area (Å²) in [6, 6.07) is 16.9. The van der Waals surface area contributed by atoms with Crippen LogP contribution in [0.4, 0.5) is 16.2 Å². The van der Waals surface area contributed by atoms with Gasteiger partial charge in [0.05, 0.1) is 37.1 Å². The lowest BCUT2D eigenvalue weighted by atomic mass is 9.91. The van der Waals surface area contributed by atoms with Gasteiger partial charge in [0.1, 0.15) is 5.92 Å². The van der Waals surface area contributed by atoms with Crippen LogP contribution in [0.1, 0.15) is 36.3 Å². The van der Waals surface area contributed by atoms with Crippen molar-refractivity contribution in [3.05, 3.63) is 64.9 Å². The quantitative estimate of drug-likeness (QED) is 0.354. The van der Waals surface area contributed by atoms with Crippen LogP contribution in [0.25, 0.3) is 0 Å². The number of nitrogens with zero attached hydrogens (tertiary/aromatic N) is 4. The molecule has 0 saturated carbocycles. The van der Waals surface area contributed by atoms with E-state index in [0.717, 1.165) is 5.56 Å². The standard InChI is InChI=1S/C23H23N6O5/c1-34-23(31)28-27-21(20(15-25)17-10-8-16(9-11-17)12-13-24)6-3-7-22(30)26-18-4-2-5-19(14-18)29(32)33/h2,4-5,8-11,14,20,32H,3,6-7,12H2,1H3,(H,26,30)(H,28,31)/q-1/b27-21+. The monoisotopic (exact) mass is 463 g/mol. The summed E-state index contributed by atoms with van der Waals surface area (Å²) in [6.45, 7) is 0. The minimum atomic E-state index is -0.799. The Morgan fingerprint density at radius 1 is 1.21 bits per heavy atom. The van der Waals surface area contributed by atoms with Gasteiger partial charge in [-0.1, -0.05) is 30.3 Å². The predicted octanol–water partition coefficient (Wildman–Crippen LogP) is 3.57. The first-order valence-corrected chi connectivity index (χ1v) is 10.2. The summed E-state index contributed by atoms with van der Waals surface area (Å²) in [4.78, 5) is 23.8. The fourth-order valence-corrected chi connectivity index (χ4v) is 3.04. The molecule has 1 atom stereocenters. The molecular formula is C23H23N6O5-. The zero-order chi connectivity index (χ0) is 24.9. The molecule has 0 fully saturated rings. The zero-order valence-corrected chi connectivity index (χ0v) is 18.4. The van der Waals surface area contributed by atoms with Crippen LogP contribution in [0, 0.1) is 27.9 Å². The molecule has 34 heavy (non-hydrogen) atoms. The highest BCUT2D eigenvalue weighted by Gasteiger charge is 2.19. The van der Waals surface area contributed by atoms with Crippen molar-refractivity contribution in [2.45, 2.75) is 31.6 Å². The summed E-state index contributed by atoms with van der Waals surface area (Å²) in [7, 11) is 1.18. The number of benzene rings is 2. The summed E-state index contributed by atoms with van der Waals surface area (Å²) >= 11 is 0. The van der Waals surface area contributed by atoms with E-state index in [1.165, 1.54) is 25.3 Å². The highest BCUT2D eigenvalue weighted by Crippen LogP contribution is 2.22. The van der Waals surface area contributed by atoms with E-state index >= 15 is 0 Å². The topological polar surface area (TPSA) is 174 Å². The van der Waals surface area contributed by atoms with Crippen molar-refractivity contribution >= 4 is 29.1 Å². The molecule has 0 bridgehead atoms. The van der Waals surface area contributed by atoms with Crippen LogP contribution in [0.3, 0.4) is 0 Å². The highest BCUT2D eigenvalue weighted by molar-refractivity contribution is 5.95. The van der Waals surface area contributed by atoms with E-state index in [9.17, 15) is 20.1 Å². The van der Waals surface area contributed by atoms with E-state index in [4.69, 9.17) is 10.5 Å². The molecule has 1 unspecified atom stereocenters. The molecule has 0 aliphatic rings. The Bertz CT molecular complexity index is 1100. The van der Waals surface area contributed by atoms with Crippen LogP contribution >= 0.6 is 0 Å². The number of rotatable bonds is 10. The molecule has 0 aromatic heterocycles. The maximum atomic E-state index is 12.3. The molecule has 0 aliphatic heterocycles. The van der Waals surface area contributed by atoms with Gasteiger partial charge in [-0.15, -0.1) is 0 Å². The van der Waals surface area contributed by atoms with Gasteiger partial charge in [0, 0.05) is 12.1 Å². The lowest BCUT2D eigenvalue weighted by Crippen LogP contribution is -2.22. The smallest absolute Gasteiger partial charge is 0.427 e. The third-order valence-corrected chi connectivity index (χ3v) is 4.72. The fraction of sp³-hybridized carbons (Fsp3) is 0.261. The van der Waals surface area contributed by atoms with Gasteiger partial charge < -0.3 is 20.5 Å². The van der Waals surface area contributed by atoms with Crippen molar-refractivity contribution in [2.24, 2.45) is 5.10 Å². The van der Waals surface area contributed by atoms with E-state index < -0.39 is 12.0 Å². The molecule has 176 valence electrons. The first kappa shape index (κ1) is 25.8. The minimum absolute atomic E-state index is 0.0289. The van der Waals surface area contributed by atoms with Crippen LogP contribution < -0.4 is 16.0 Å². The molecule has 2 amide bonds. The molecular weight excluding hydrogens is 440 g/mol. The van der Waals surface area contributed by atoms with Crippen LogP contribution in [0.2, 0.25) is 0 Å². The second-order valence-corrected chi connectivity index (χ2v) is 7.07. The van der Waals surface area contributed by atoms with E-state index in [-0.39, 0.29) is 36.1 Å². The second kappa shape index (κ2) is 13.2. The number of nitrogens with one attached hydrogen (secondary N) is 2. The number of hydrogen-bond acceptors (Lipinski definition) is 9. The average Bonchev–Trinajstić information content (AvgIpc) is 2.83. The molecule has 0 spiro atoms. The van der Waals surface area contributed by atoms with Gasteiger partial charge in [0.2, 0.25) is 5.91 Å². The van der Waals surface area contributed by atoms with E-state index in [2.05, 4.69) is 32.7 Å². The Kier molecular flexibility index (Phi) is 10.0. The Balaban J connectivity index is 2.08. The summed E-state index contributed by atoms with van der Waals surface area (Å²) in [5.41, 5.74) is 4.29. The summed E-state index contributed by atoms with van der Waals surface area (Å²) < 4.78 is 4.52. The first-order valence-electron chi connectivity index (χ1n) is 10.2. The molecule has 0 heterocycles. The largest absolute Gasteiger partial charge is 0.733 e. The number of ether oxygens (including phenoxy) is 1. The summed E-state index contributed by atoms with van der Waals surface area (Å²) in [6.07, 6.45) is 0.0473. The Labute approximate surface area is 196 Å². The average molecular weight is 463 g/mol. The number of carbonyl (C=O) groups is 2. The molecule has 0 saturated heterocycles. The second-order valence-electron chi connectivity index (χ2n) is 7.07. The van der Waals surface area contributed by atoms with Crippen molar-refractivity contribution in [1.29, 1.82) is 10.5 Å². The van der Waals surface area contributed by atoms with Gasteiger partial charge in [-0.3, -0.25) is 10.0 Å². The third kappa shape index (κ3) is 7.91. The summed E-state index contributed by atoms with van der Waals surface area (Å²) in [5.74, 6) is -1.14. The van der Waals surface area contributed by atoms with E-state index in [1.807, 2.05) is 0 Å². The van der Waals surface area contributed by atoms with Gasteiger partial charge in [-0.25, -0.2) is 10.2 Å². The number of hydrazone groups is 1. The third-order valence-electron chi connectivity index (χ3n) is 4.72. The van der Waals surface area contributed by atoms with E-state index in [0.29, 0.717) is 23.4 Å². The van der Waals surface area contributed by atoms with Crippen molar-refractivity contribution < 1.29 is 19.5 Å². The van der Waals surface area contributed by atoms with Gasteiger partial charge in [-0.05, 0) is 42.2 Å². The highest BCUT2D eigenvalue weighted by atomic mass is 16.8. The molecule has 11 heteroatoms. The van der Waals surface area contributed by atoms with Gasteiger partial charge in [-0.2, -0.15) is 15.6 Å². The number of methoxy groups -OCH3 is 1. The van der Waals surface area contributed by atoms with Gasteiger partial charge in [0.15, 0.2) is 0 Å². The lowest BCUT2D eigenvalue weighted by Gasteiger charge is -2.22. The predicted molar refractivity (Wildman–Crippen MR) is 124 cm³/mol. The molecule has 2 rings (SSSR count). The van der Waals surface area contributed by atoms with Crippen LogP contribution in [0.15, 0.2) is 53.6 Å². The molecule has 3 N–H and O–H groups in total. The lowest BCUT2D eigenvalue weighted by molar-refractivity contribution is -0.116. The molecule has 0 aliphatic carbocycles. The van der Waals surface area contributed by atoms with Crippen LogP contribution in [-0.2, 0) is 16.0 Å². The Morgan fingerprint density at radius 2 is 1.94 bits per heavy atom. The molecule has 2 aromatic carbocycles. The Hall–Kier alpha value is -4.45. The van der Waals surface area contributed by atoms with Crippen molar-refractivity contribution in [3.8, 4) is 12.1 Å². The maximum absolute atomic E-state index is 12.3. The fourth-order valence-electron chi connectivity index (χ4n) is 3.04. The number of carbonyl (C=O) groups excluding carboxylic acids is 2. The van der Waals surface area contributed by atoms with Gasteiger partial charge >= 0.3 is 6.09 Å². The van der Waals surface area contributed by atoms with Gasteiger partial charge in [0.25, 0.3) is 0 Å². The Morgan fingerprint density at radius 3 is 2.56 bits per heavy atom. The molecule has 2 aromatic rings. The maximum Gasteiger partial charge on any atom is 0.427 e.